The van der Waals surface area contributed by atoms with Gasteiger partial charge < -0.3 is 4.74 Å². The SMILES string of the molecule is O=S(=O)(NCc1cccc(Oc2ccccn2)c1)C1CC1. The van der Waals surface area contributed by atoms with Crippen LogP contribution in [0.2, 0.25) is 0 Å². The van der Waals surface area contributed by atoms with Gasteiger partial charge in [0.1, 0.15) is 5.75 Å². The van der Waals surface area contributed by atoms with E-state index in [2.05, 4.69) is 9.71 Å². The molecule has 1 heterocycles. The molecule has 1 N–H and O–H groups in total. The van der Waals surface area contributed by atoms with Crippen molar-refractivity contribution in [2.45, 2.75) is 24.6 Å². The maximum atomic E-state index is 11.8. The van der Waals surface area contributed by atoms with Gasteiger partial charge in [0.2, 0.25) is 15.9 Å². The molecular weight excluding hydrogens is 288 g/mol. The summed E-state index contributed by atoms with van der Waals surface area (Å²) in [6, 6.07) is 12.7. The van der Waals surface area contributed by atoms with Crippen LogP contribution in [0.5, 0.6) is 11.6 Å². The Morgan fingerprint density at radius 1 is 1.19 bits per heavy atom. The van der Waals surface area contributed by atoms with Crippen LogP contribution in [0.3, 0.4) is 0 Å². The second-order valence-electron chi connectivity index (χ2n) is 4.98. The molecule has 0 atom stereocenters. The number of pyridine rings is 1. The monoisotopic (exact) mass is 304 g/mol. The minimum atomic E-state index is -3.16. The Bertz CT molecular complexity index is 713. The summed E-state index contributed by atoms with van der Waals surface area (Å²) in [5, 5.41) is -0.203. The molecule has 110 valence electrons. The standard InChI is InChI=1S/C15H16N2O3S/c18-21(19,14-7-8-14)17-11-12-4-3-5-13(10-12)20-15-6-1-2-9-16-15/h1-6,9-10,14,17H,7-8,11H2. The quantitative estimate of drug-likeness (QED) is 0.890. The largest absolute Gasteiger partial charge is 0.439 e. The Balaban J connectivity index is 1.66. The summed E-state index contributed by atoms with van der Waals surface area (Å²) in [6.07, 6.45) is 3.18. The minimum Gasteiger partial charge on any atom is -0.439 e. The van der Waals surface area contributed by atoms with Gasteiger partial charge in [-0.3, -0.25) is 0 Å². The van der Waals surface area contributed by atoms with Crippen molar-refractivity contribution in [2.24, 2.45) is 0 Å². The van der Waals surface area contributed by atoms with Crippen LogP contribution in [-0.2, 0) is 16.6 Å². The lowest BCUT2D eigenvalue weighted by atomic mass is 10.2. The number of rotatable bonds is 6. The third-order valence-corrected chi connectivity index (χ3v) is 5.10. The molecule has 1 saturated carbocycles. The Labute approximate surface area is 124 Å². The lowest BCUT2D eigenvalue weighted by Crippen LogP contribution is -2.26. The van der Waals surface area contributed by atoms with Crippen LogP contribution in [0, 0.1) is 0 Å². The number of hydrogen-bond acceptors (Lipinski definition) is 4. The van der Waals surface area contributed by atoms with Gasteiger partial charge in [-0.05, 0) is 36.6 Å². The average molecular weight is 304 g/mol. The van der Waals surface area contributed by atoms with Gasteiger partial charge >= 0.3 is 0 Å². The van der Waals surface area contributed by atoms with Gasteiger partial charge in [-0.15, -0.1) is 0 Å². The maximum absolute atomic E-state index is 11.8. The van der Waals surface area contributed by atoms with E-state index < -0.39 is 10.0 Å². The fourth-order valence-corrected chi connectivity index (χ4v) is 3.29. The van der Waals surface area contributed by atoms with Gasteiger partial charge in [-0.2, -0.15) is 0 Å². The lowest BCUT2D eigenvalue weighted by molar-refractivity contribution is 0.462. The molecule has 0 amide bonds. The van der Waals surface area contributed by atoms with Gasteiger partial charge in [0, 0.05) is 18.8 Å². The predicted molar refractivity (Wildman–Crippen MR) is 79.5 cm³/mol. The first-order valence-electron chi connectivity index (χ1n) is 6.80. The van der Waals surface area contributed by atoms with Crippen LogP contribution < -0.4 is 9.46 Å². The van der Waals surface area contributed by atoms with Crippen LogP contribution in [0.1, 0.15) is 18.4 Å². The van der Waals surface area contributed by atoms with Crippen molar-refractivity contribution in [3.63, 3.8) is 0 Å². The number of ether oxygens (including phenoxy) is 1. The van der Waals surface area contributed by atoms with Gasteiger partial charge in [-0.25, -0.2) is 18.1 Å². The minimum absolute atomic E-state index is 0.203. The molecule has 1 fully saturated rings. The molecule has 0 aliphatic heterocycles. The summed E-state index contributed by atoms with van der Waals surface area (Å²) < 4.78 is 31.8. The molecule has 2 aromatic rings. The first-order valence-corrected chi connectivity index (χ1v) is 8.34. The fourth-order valence-electron chi connectivity index (χ4n) is 1.93. The van der Waals surface area contributed by atoms with Crippen molar-refractivity contribution in [2.75, 3.05) is 0 Å². The van der Waals surface area contributed by atoms with Crippen molar-refractivity contribution in [3.05, 3.63) is 54.2 Å². The third kappa shape index (κ3) is 3.80. The molecule has 0 radical (unpaired) electrons. The first kappa shape index (κ1) is 14.0. The normalized spacial score (nSPS) is 14.9. The van der Waals surface area contributed by atoms with E-state index in [9.17, 15) is 8.42 Å². The number of nitrogens with zero attached hydrogens (tertiary/aromatic N) is 1. The van der Waals surface area contributed by atoms with Crippen LogP contribution >= 0.6 is 0 Å². The second-order valence-corrected chi connectivity index (χ2v) is 7.03. The Hall–Kier alpha value is -1.92. The van der Waals surface area contributed by atoms with Gasteiger partial charge in [0.25, 0.3) is 0 Å². The average Bonchev–Trinajstić information content (AvgIpc) is 3.32. The van der Waals surface area contributed by atoms with E-state index in [0.29, 0.717) is 11.6 Å². The molecule has 1 aromatic carbocycles. The molecule has 21 heavy (non-hydrogen) atoms. The van der Waals surface area contributed by atoms with E-state index >= 15 is 0 Å². The zero-order valence-corrected chi connectivity index (χ0v) is 12.2. The van der Waals surface area contributed by atoms with Crippen LogP contribution in [-0.4, -0.2) is 18.7 Å². The highest BCUT2D eigenvalue weighted by Gasteiger charge is 2.35. The van der Waals surface area contributed by atoms with Crippen LogP contribution in [0.4, 0.5) is 0 Å². The van der Waals surface area contributed by atoms with Crippen molar-refractivity contribution in [1.82, 2.24) is 9.71 Å². The molecule has 0 bridgehead atoms. The summed E-state index contributed by atoms with van der Waals surface area (Å²) >= 11 is 0. The second kappa shape index (κ2) is 5.83. The summed E-state index contributed by atoms with van der Waals surface area (Å²) in [5.74, 6) is 1.14. The summed E-state index contributed by atoms with van der Waals surface area (Å²) in [6.45, 7) is 0.276. The molecule has 3 rings (SSSR count). The highest BCUT2D eigenvalue weighted by molar-refractivity contribution is 7.90. The molecule has 5 nitrogen and oxygen atoms in total. The van der Waals surface area contributed by atoms with Gasteiger partial charge in [0.15, 0.2) is 0 Å². The highest BCUT2D eigenvalue weighted by Crippen LogP contribution is 2.27. The molecule has 0 saturated heterocycles. The number of nitrogens with one attached hydrogen (secondary N) is 1. The molecule has 0 spiro atoms. The smallest absolute Gasteiger partial charge is 0.219 e. The topological polar surface area (TPSA) is 68.3 Å². The summed E-state index contributed by atoms with van der Waals surface area (Å²) in [7, 11) is -3.16. The fraction of sp³-hybridized carbons (Fsp3) is 0.267. The number of aromatic nitrogens is 1. The van der Waals surface area contributed by atoms with Gasteiger partial charge in [0.05, 0.1) is 5.25 Å². The maximum Gasteiger partial charge on any atom is 0.219 e. The predicted octanol–water partition coefficient (Wildman–Crippen LogP) is 2.46. The molecule has 0 unspecified atom stereocenters. The van der Waals surface area contributed by atoms with Crippen molar-refractivity contribution in [3.8, 4) is 11.6 Å². The van der Waals surface area contributed by atoms with E-state index in [0.717, 1.165) is 18.4 Å². The van der Waals surface area contributed by atoms with Crippen LogP contribution in [0.15, 0.2) is 48.7 Å². The van der Waals surface area contributed by atoms with Crippen molar-refractivity contribution >= 4 is 10.0 Å². The first-order chi connectivity index (χ1) is 10.1. The Morgan fingerprint density at radius 2 is 2.05 bits per heavy atom. The molecule has 1 aliphatic rings. The number of sulfonamides is 1. The van der Waals surface area contributed by atoms with Crippen molar-refractivity contribution < 1.29 is 13.2 Å². The van der Waals surface area contributed by atoms with E-state index in [4.69, 9.17) is 4.74 Å². The van der Waals surface area contributed by atoms with Crippen molar-refractivity contribution in [1.29, 1.82) is 0 Å². The zero-order chi connectivity index (χ0) is 14.7. The van der Waals surface area contributed by atoms with E-state index in [1.165, 1.54) is 0 Å². The Kier molecular flexibility index (Phi) is 3.90. The third-order valence-electron chi connectivity index (χ3n) is 3.20. The molecule has 1 aliphatic carbocycles. The molecule has 1 aromatic heterocycles. The molecule has 6 heteroatoms. The van der Waals surface area contributed by atoms with E-state index in [1.54, 1.807) is 12.3 Å². The van der Waals surface area contributed by atoms with Gasteiger partial charge in [-0.1, -0.05) is 18.2 Å². The Morgan fingerprint density at radius 3 is 2.76 bits per heavy atom. The number of hydrogen-bond donors (Lipinski definition) is 1. The number of benzene rings is 1. The summed E-state index contributed by atoms with van der Waals surface area (Å²) in [5.41, 5.74) is 0.854. The molecular formula is C15H16N2O3S. The van der Waals surface area contributed by atoms with Crippen LogP contribution in [0.25, 0.3) is 0 Å². The summed E-state index contributed by atoms with van der Waals surface area (Å²) in [4.78, 5) is 4.09. The van der Waals surface area contributed by atoms with E-state index in [1.807, 2.05) is 36.4 Å². The lowest BCUT2D eigenvalue weighted by Gasteiger charge is -2.08. The highest BCUT2D eigenvalue weighted by atomic mass is 32.2. The zero-order valence-electron chi connectivity index (χ0n) is 11.4. The van der Waals surface area contributed by atoms with E-state index in [-0.39, 0.29) is 11.8 Å².